The molecule has 0 spiro atoms. The Morgan fingerprint density at radius 2 is 2.26 bits per heavy atom. The number of sulfone groups is 1. The highest BCUT2D eigenvalue weighted by molar-refractivity contribution is 7.92. The van der Waals surface area contributed by atoms with Crippen molar-refractivity contribution < 1.29 is 13.2 Å². The Bertz CT molecular complexity index is 600. The van der Waals surface area contributed by atoms with Crippen molar-refractivity contribution in [2.45, 2.75) is 18.1 Å². The van der Waals surface area contributed by atoms with Gasteiger partial charge in [-0.2, -0.15) is 0 Å². The largest absolute Gasteiger partial charge is 0.397 e. The standard InChI is InChI=1S/C11H16N4O3S/c12-7-4-9(10(13)16)11(14-5-7)15-6-8-2-1-3-19(8,17)18/h4-5,8H,1-3,6,12H2,(H2,13,16)(H,14,15). The van der Waals surface area contributed by atoms with Gasteiger partial charge in [-0.15, -0.1) is 0 Å². The summed E-state index contributed by atoms with van der Waals surface area (Å²) in [5.74, 6) is -0.169. The number of carbonyl (C=O) groups is 1. The van der Waals surface area contributed by atoms with Crippen molar-refractivity contribution in [2.75, 3.05) is 23.3 Å². The molecule has 1 saturated heterocycles. The van der Waals surface area contributed by atoms with Crippen LogP contribution in [0.15, 0.2) is 12.3 Å². The Morgan fingerprint density at radius 1 is 1.53 bits per heavy atom. The van der Waals surface area contributed by atoms with Crippen LogP contribution < -0.4 is 16.8 Å². The summed E-state index contributed by atoms with van der Waals surface area (Å²) in [4.78, 5) is 15.2. The normalized spacial score (nSPS) is 21.2. The first-order valence-corrected chi connectivity index (χ1v) is 7.62. The number of nitrogen functional groups attached to an aromatic ring is 1. The van der Waals surface area contributed by atoms with E-state index >= 15 is 0 Å². The van der Waals surface area contributed by atoms with Crippen LogP contribution >= 0.6 is 0 Å². The van der Waals surface area contributed by atoms with Crippen LogP contribution in [0.4, 0.5) is 11.5 Å². The third kappa shape index (κ3) is 2.95. The van der Waals surface area contributed by atoms with Crippen molar-refractivity contribution in [3.8, 4) is 0 Å². The molecular weight excluding hydrogens is 268 g/mol. The highest BCUT2D eigenvalue weighted by Gasteiger charge is 2.31. The van der Waals surface area contributed by atoms with Crippen LogP contribution in [-0.2, 0) is 9.84 Å². The number of hydrogen-bond acceptors (Lipinski definition) is 6. The molecule has 1 atom stereocenters. The highest BCUT2D eigenvalue weighted by atomic mass is 32.2. The molecule has 1 amide bonds. The lowest BCUT2D eigenvalue weighted by Gasteiger charge is -2.13. The Kier molecular flexibility index (Phi) is 3.61. The molecule has 19 heavy (non-hydrogen) atoms. The van der Waals surface area contributed by atoms with Gasteiger partial charge in [-0.25, -0.2) is 13.4 Å². The molecule has 1 aromatic heterocycles. The molecule has 1 aliphatic heterocycles. The van der Waals surface area contributed by atoms with Gasteiger partial charge < -0.3 is 16.8 Å². The number of nitrogens with one attached hydrogen (secondary N) is 1. The zero-order valence-electron chi connectivity index (χ0n) is 10.3. The van der Waals surface area contributed by atoms with E-state index in [4.69, 9.17) is 11.5 Å². The number of nitrogens with zero attached hydrogens (tertiary/aromatic N) is 1. The van der Waals surface area contributed by atoms with E-state index in [1.54, 1.807) is 0 Å². The number of carbonyl (C=O) groups excluding carboxylic acids is 1. The van der Waals surface area contributed by atoms with Gasteiger partial charge in [0.2, 0.25) is 0 Å². The molecule has 7 nitrogen and oxygen atoms in total. The van der Waals surface area contributed by atoms with Gasteiger partial charge in [0.05, 0.1) is 28.5 Å². The molecule has 1 aromatic rings. The van der Waals surface area contributed by atoms with Crippen LogP contribution in [0.1, 0.15) is 23.2 Å². The second-order valence-electron chi connectivity index (χ2n) is 4.54. The van der Waals surface area contributed by atoms with E-state index in [9.17, 15) is 13.2 Å². The first-order valence-electron chi connectivity index (χ1n) is 5.91. The van der Waals surface area contributed by atoms with Gasteiger partial charge >= 0.3 is 0 Å². The first-order chi connectivity index (χ1) is 8.90. The zero-order chi connectivity index (χ0) is 14.0. The van der Waals surface area contributed by atoms with Crippen molar-refractivity contribution in [3.63, 3.8) is 0 Å². The minimum absolute atomic E-state index is 0.162. The van der Waals surface area contributed by atoms with E-state index in [1.807, 2.05) is 0 Å². The first kappa shape index (κ1) is 13.6. The van der Waals surface area contributed by atoms with Crippen molar-refractivity contribution in [1.29, 1.82) is 0 Å². The third-order valence-corrected chi connectivity index (χ3v) is 5.41. The van der Waals surface area contributed by atoms with E-state index in [2.05, 4.69) is 10.3 Å². The molecule has 0 aromatic carbocycles. The van der Waals surface area contributed by atoms with Gasteiger partial charge in [0, 0.05) is 6.54 Å². The van der Waals surface area contributed by atoms with E-state index in [0.29, 0.717) is 18.5 Å². The summed E-state index contributed by atoms with van der Waals surface area (Å²) < 4.78 is 23.4. The minimum Gasteiger partial charge on any atom is -0.397 e. The van der Waals surface area contributed by atoms with Crippen molar-refractivity contribution in [2.24, 2.45) is 5.73 Å². The predicted octanol–water partition coefficient (Wildman–Crippen LogP) is -0.248. The number of anilines is 2. The van der Waals surface area contributed by atoms with Crippen molar-refractivity contribution in [3.05, 3.63) is 17.8 Å². The quantitative estimate of drug-likeness (QED) is 0.699. The van der Waals surface area contributed by atoms with Gasteiger partial charge in [-0.05, 0) is 18.9 Å². The molecule has 0 aliphatic carbocycles. The van der Waals surface area contributed by atoms with E-state index in [1.165, 1.54) is 12.3 Å². The highest BCUT2D eigenvalue weighted by Crippen LogP contribution is 2.21. The lowest BCUT2D eigenvalue weighted by molar-refractivity contribution is 0.100. The predicted molar refractivity (Wildman–Crippen MR) is 72.5 cm³/mol. The van der Waals surface area contributed by atoms with Crippen LogP contribution in [0.25, 0.3) is 0 Å². The molecule has 5 N–H and O–H groups in total. The van der Waals surface area contributed by atoms with Crippen molar-refractivity contribution >= 4 is 27.2 Å². The molecule has 0 bridgehead atoms. The van der Waals surface area contributed by atoms with Gasteiger partial charge in [0.25, 0.3) is 5.91 Å². The van der Waals surface area contributed by atoms with Gasteiger partial charge in [-0.3, -0.25) is 4.79 Å². The van der Waals surface area contributed by atoms with E-state index in [0.717, 1.165) is 0 Å². The number of nitrogens with two attached hydrogens (primary N) is 2. The number of rotatable bonds is 4. The molecule has 0 radical (unpaired) electrons. The molecule has 0 saturated carbocycles. The molecular formula is C11H16N4O3S. The lowest BCUT2D eigenvalue weighted by atomic mass is 10.2. The monoisotopic (exact) mass is 284 g/mol. The van der Waals surface area contributed by atoms with Crippen LogP contribution in [-0.4, -0.2) is 36.9 Å². The summed E-state index contributed by atoms with van der Waals surface area (Å²) in [6.45, 7) is 0.222. The Balaban J connectivity index is 2.14. The Labute approximate surface area is 111 Å². The number of primary amides is 1. The number of hydrogen-bond donors (Lipinski definition) is 3. The third-order valence-electron chi connectivity index (χ3n) is 3.13. The summed E-state index contributed by atoms with van der Waals surface area (Å²) in [5, 5.41) is 2.44. The molecule has 2 rings (SSSR count). The SMILES string of the molecule is NC(=O)c1cc(N)cnc1NCC1CCCS1(=O)=O. The maximum Gasteiger partial charge on any atom is 0.252 e. The van der Waals surface area contributed by atoms with Gasteiger partial charge in [-0.1, -0.05) is 0 Å². The summed E-state index contributed by atoms with van der Waals surface area (Å²) in [6.07, 6.45) is 2.68. The molecule has 104 valence electrons. The molecule has 1 unspecified atom stereocenters. The van der Waals surface area contributed by atoms with Crippen LogP contribution in [0.2, 0.25) is 0 Å². The Hall–Kier alpha value is -1.83. The number of amides is 1. The van der Waals surface area contributed by atoms with E-state index < -0.39 is 21.0 Å². The molecule has 1 aliphatic rings. The van der Waals surface area contributed by atoms with Gasteiger partial charge in [0.1, 0.15) is 5.82 Å². The average Bonchev–Trinajstić information content (AvgIpc) is 2.66. The average molecular weight is 284 g/mol. The number of aromatic nitrogens is 1. The zero-order valence-corrected chi connectivity index (χ0v) is 11.1. The summed E-state index contributed by atoms with van der Waals surface area (Å²) in [5.41, 5.74) is 11.2. The second-order valence-corrected chi connectivity index (χ2v) is 6.94. The summed E-state index contributed by atoms with van der Waals surface area (Å²) in [6, 6.07) is 1.42. The fourth-order valence-electron chi connectivity index (χ4n) is 2.11. The van der Waals surface area contributed by atoms with Crippen LogP contribution in [0, 0.1) is 0 Å². The topological polar surface area (TPSA) is 128 Å². The van der Waals surface area contributed by atoms with Crippen LogP contribution in [0.5, 0.6) is 0 Å². The van der Waals surface area contributed by atoms with Crippen molar-refractivity contribution in [1.82, 2.24) is 4.98 Å². The summed E-state index contributed by atoms with van der Waals surface area (Å²) in [7, 11) is -3.03. The fraction of sp³-hybridized carbons (Fsp3) is 0.455. The second kappa shape index (κ2) is 5.04. The maximum atomic E-state index is 11.7. The Morgan fingerprint density at radius 3 is 2.84 bits per heavy atom. The fourth-order valence-corrected chi connectivity index (χ4v) is 3.87. The lowest BCUT2D eigenvalue weighted by Crippen LogP contribution is -2.26. The van der Waals surface area contributed by atoms with E-state index in [-0.39, 0.29) is 23.7 Å². The molecule has 8 heteroatoms. The maximum absolute atomic E-state index is 11.7. The smallest absolute Gasteiger partial charge is 0.252 e. The van der Waals surface area contributed by atoms with Gasteiger partial charge in [0.15, 0.2) is 9.84 Å². The molecule has 2 heterocycles. The number of pyridine rings is 1. The van der Waals surface area contributed by atoms with Crippen LogP contribution in [0.3, 0.4) is 0 Å². The molecule has 1 fully saturated rings. The summed E-state index contributed by atoms with van der Waals surface area (Å²) >= 11 is 0. The minimum atomic E-state index is -3.03.